The molecule has 0 bridgehead atoms. The number of hydrogen-bond donors (Lipinski definition) is 0. The van der Waals surface area contributed by atoms with Crippen LogP contribution in [0.5, 0.6) is 5.75 Å². The molecule has 0 heterocycles. The first-order valence-corrected chi connectivity index (χ1v) is 9.61. The van der Waals surface area contributed by atoms with Crippen molar-refractivity contribution in [3.63, 3.8) is 0 Å². The van der Waals surface area contributed by atoms with Crippen LogP contribution in [0.3, 0.4) is 0 Å². The van der Waals surface area contributed by atoms with Crippen LogP contribution in [-0.2, 0) is 9.59 Å². The van der Waals surface area contributed by atoms with Gasteiger partial charge in [-0.15, -0.1) is 11.8 Å². The normalized spacial score (nSPS) is 12.2. The van der Waals surface area contributed by atoms with Crippen LogP contribution in [0.2, 0.25) is 0 Å². The molecular weight excluding hydrogens is 374 g/mol. The average molecular weight is 397 g/mol. The van der Waals surface area contributed by atoms with Crippen molar-refractivity contribution in [2.75, 3.05) is 14.2 Å². The maximum atomic E-state index is 12.8. The van der Waals surface area contributed by atoms with E-state index in [9.17, 15) is 14.4 Å². The van der Waals surface area contributed by atoms with E-state index in [4.69, 9.17) is 4.74 Å². The zero-order chi connectivity index (χ0) is 20.7. The number of carbonyl (C=O) groups excluding carboxylic acids is 3. The van der Waals surface area contributed by atoms with Crippen molar-refractivity contribution < 1.29 is 19.1 Å². The van der Waals surface area contributed by atoms with Crippen LogP contribution < -0.4 is 4.74 Å². The van der Waals surface area contributed by atoms with Crippen molar-refractivity contribution in [2.45, 2.75) is 19.1 Å². The lowest BCUT2D eigenvalue weighted by atomic mass is 10.1. The monoisotopic (exact) mass is 397 g/mol. The minimum absolute atomic E-state index is 0.0538. The molecule has 6 heteroatoms. The predicted octanol–water partition coefficient (Wildman–Crippen LogP) is 4.05. The van der Waals surface area contributed by atoms with E-state index < -0.39 is 11.2 Å². The fraction of sp³-hybridized carbons (Fsp3) is 0.227. The van der Waals surface area contributed by atoms with Gasteiger partial charge in [-0.3, -0.25) is 19.3 Å². The number of ketones is 1. The number of benzene rings is 2. The molecule has 5 nitrogen and oxygen atoms in total. The lowest BCUT2D eigenvalue weighted by molar-refractivity contribution is -0.138. The average Bonchev–Trinajstić information content (AvgIpc) is 2.72. The quantitative estimate of drug-likeness (QED) is 0.521. The van der Waals surface area contributed by atoms with Gasteiger partial charge in [0.1, 0.15) is 5.75 Å². The molecule has 2 rings (SSSR count). The van der Waals surface area contributed by atoms with Crippen molar-refractivity contribution in [3.8, 4) is 5.75 Å². The Morgan fingerprint density at radius 1 is 1.00 bits per heavy atom. The Bertz CT molecular complexity index is 875. The first-order chi connectivity index (χ1) is 13.3. The number of methoxy groups -OCH3 is 1. The third kappa shape index (κ3) is 5.57. The second kappa shape index (κ2) is 9.90. The second-order valence-corrected chi connectivity index (χ2v) is 7.53. The molecule has 0 spiro atoms. The van der Waals surface area contributed by atoms with E-state index in [1.54, 1.807) is 38.3 Å². The van der Waals surface area contributed by atoms with Crippen LogP contribution in [0.15, 0.2) is 60.7 Å². The molecule has 0 fully saturated rings. The Labute approximate surface area is 169 Å². The van der Waals surface area contributed by atoms with Gasteiger partial charge in [-0.05, 0) is 36.8 Å². The van der Waals surface area contributed by atoms with Crippen LogP contribution in [0.4, 0.5) is 0 Å². The minimum atomic E-state index is -0.428. The first kappa shape index (κ1) is 21.4. The smallest absolute Gasteiger partial charge is 0.254 e. The summed E-state index contributed by atoms with van der Waals surface area (Å²) in [6.07, 6.45) is 1.40. The third-order valence-electron chi connectivity index (χ3n) is 4.16. The molecule has 0 aliphatic rings. The summed E-state index contributed by atoms with van der Waals surface area (Å²) in [5, 5.41) is -0.421. The highest BCUT2D eigenvalue weighted by Gasteiger charge is 2.20. The molecule has 0 aromatic heterocycles. The molecule has 0 radical (unpaired) electrons. The summed E-state index contributed by atoms with van der Waals surface area (Å²) in [6, 6.07) is 16.2. The highest BCUT2D eigenvalue weighted by Crippen LogP contribution is 2.33. The lowest BCUT2D eigenvalue weighted by Gasteiger charge is -2.16. The summed E-state index contributed by atoms with van der Waals surface area (Å²) in [6.45, 7) is 3.13. The van der Waals surface area contributed by atoms with Crippen molar-refractivity contribution in [1.82, 2.24) is 4.90 Å². The Morgan fingerprint density at radius 2 is 1.61 bits per heavy atom. The van der Waals surface area contributed by atoms with E-state index in [1.807, 2.05) is 30.3 Å². The summed E-state index contributed by atoms with van der Waals surface area (Å²) in [7, 11) is 3.00. The van der Waals surface area contributed by atoms with Gasteiger partial charge in [0.15, 0.2) is 5.78 Å². The number of Topliss-reactive ketones (excluding diaryl/α,β-unsaturated/α-hetero) is 1. The molecule has 2 aromatic carbocycles. The standard InChI is InChI=1S/C22H23NO4S/c1-15(22(26)18-10-12-19(27-4)13-11-18)28-20(17-8-6-5-7-9-17)14-21(25)23(3)16(2)24/h5-15H,1-4H3/b20-14+. The number of likely N-dealkylation sites (N-methyl/N-ethyl adjacent to an activating group) is 1. The van der Waals surface area contributed by atoms with Crippen LogP contribution in [-0.4, -0.2) is 41.9 Å². The van der Waals surface area contributed by atoms with Crippen LogP contribution in [0, 0.1) is 0 Å². The molecule has 0 saturated heterocycles. The molecule has 2 amide bonds. The van der Waals surface area contributed by atoms with E-state index in [0.717, 1.165) is 10.5 Å². The molecule has 0 N–H and O–H groups in total. The fourth-order valence-electron chi connectivity index (χ4n) is 2.39. The zero-order valence-electron chi connectivity index (χ0n) is 16.3. The first-order valence-electron chi connectivity index (χ1n) is 8.73. The van der Waals surface area contributed by atoms with Gasteiger partial charge in [0.2, 0.25) is 5.91 Å². The number of thioether (sulfide) groups is 1. The Hall–Kier alpha value is -2.86. The number of ether oxygens (including phenoxy) is 1. The van der Waals surface area contributed by atoms with Crippen molar-refractivity contribution in [3.05, 3.63) is 71.8 Å². The number of imide groups is 1. The second-order valence-electron chi connectivity index (χ2n) is 6.14. The van der Waals surface area contributed by atoms with E-state index >= 15 is 0 Å². The van der Waals surface area contributed by atoms with Gasteiger partial charge in [-0.2, -0.15) is 0 Å². The SMILES string of the molecule is COc1ccc(C(=O)C(C)S/C(=C/C(=O)N(C)C(C)=O)c2ccccc2)cc1. The van der Waals surface area contributed by atoms with Gasteiger partial charge in [-0.1, -0.05) is 30.3 Å². The van der Waals surface area contributed by atoms with E-state index in [1.165, 1.54) is 31.8 Å². The molecule has 2 aromatic rings. The number of carbonyl (C=O) groups is 3. The molecule has 1 atom stereocenters. The maximum absolute atomic E-state index is 12.8. The number of hydrogen-bond acceptors (Lipinski definition) is 5. The molecule has 1 unspecified atom stereocenters. The summed E-state index contributed by atoms with van der Waals surface area (Å²) in [5.74, 6) is -0.148. The number of nitrogens with zero attached hydrogens (tertiary/aromatic N) is 1. The molecule has 0 aliphatic carbocycles. The Morgan fingerprint density at radius 3 is 2.14 bits per heavy atom. The van der Waals surface area contributed by atoms with Crippen LogP contribution in [0.25, 0.3) is 4.91 Å². The number of amides is 2. The minimum Gasteiger partial charge on any atom is -0.497 e. The molecule has 28 heavy (non-hydrogen) atoms. The lowest BCUT2D eigenvalue weighted by Crippen LogP contribution is -2.29. The largest absolute Gasteiger partial charge is 0.497 e. The fourth-order valence-corrected chi connectivity index (χ4v) is 3.45. The van der Waals surface area contributed by atoms with Crippen LogP contribution in [0.1, 0.15) is 29.8 Å². The molecule has 146 valence electrons. The molecule has 0 aliphatic heterocycles. The van der Waals surface area contributed by atoms with Crippen molar-refractivity contribution in [2.24, 2.45) is 0 Å². The highest BCUT2D eigenvalue weighted by atomic mass is 32.2. The summed E-state index contributed by atoms with van der Waals surface area (Å²) in [4.78, 5) is 38.3. The van der Waals surface area contributed by atoms with Gasteiger partial charge in [0.05, 0.1) is 12.4 Å². The van der Waals surface area contributed by atoms with Crippen LogP contribution >= 0.6 is 11.8 Å². The van der Waals surface area contributed by atoms with Gasteiger partial charge in [0.25, 0.3) is 5.91 Å². The predicted molar refractivity (Wildman–Crippen MR) is 112 cm³/mol. The molecular formula is C22H23NO4S. The third-order valence-corrected chi connectivity index (χ3v) is 5.34. The Balaban J connectivity index is 2.27. The van der Waals surface area contributed by atoms with Gasteiger partial charge in [0, 0.05) is 30.5 Å². The van der Waals surface area contributed by atoms with Gasteiger partial charge < -0.3 is 4.74 Å². The number of rotatable bonds is 7. The topological polar surface area (TPSA) is 63.7 Å². The van der Waals surface area contributed by atoms with Crippen molar-refractivity contribution in [1.29, 1.82) is 0 Å². The van der Waals surface area contributed by atoms with Gasteiger partial charge in [-0.25, -0.2) is 0 Å². The van der Waals surface area contributed by atoms with E-state index in [0.29, 0.717) is 16.2 Å². The maximum Gasteiger partial charge on any atom is 0.254 e. The summed E-state index contributed by atoms with van der Waals surface area (Å²) >= 11 is 1.29. The van der Waals surface area contributed by atoms with Gasteiger partial charge >= 0.3 is 0 Å². The molecule has 0 saturated carbocycles. The highest BCUT2D eigenvalue weighted by molar-refractivity contribution is 8.09. The summed E-state index contributed by atoms with van der Waals surface area (Å²) in [5.41, 5.74) is 1.38. The summed E-state index contributed by atoms with van der Waals surface area (Å²) < 4.78 is 5.12. The van der Waals surface area contributed by atoms with E-state index in [-0.39, 0.29) is 11.7 Å². The Kier molecular flexibility index (Phi) is 7.58. The zero-order valence-corrected chi connectivity index (χ0v) is 17.2. The van der Waals surface area contributed by atoms with Crippen molar-refractivity contribution >= 4 is 34.3 Å². The van der Waals surface area contributed by atoms with E-state index in [2.05, 4.69) is 0 Å².